The molecule has 0 spiro atoms. The van der Waals surface area contributed by atoms with Gasteiger partial charge < -0.3 is 25.2 Å². The van der Waals surface area contributed by atoms with Gasteiger partial charge in [-0.25, -0.2) is 4.99 Å². The van der Waals surface area contributed by atoms with Gasteiger partial charge in [0.05, 0.1) is 0 Å². The maximum atomic E-state index is 13.6. The van der Waals surface area contributed by atoms with E-state index in [-0.39, 0.29) is 11.8 Å². The molecule has 3 aromatic carbocycles. The van der Waals surface area contributed by atoms with Crippen LogP contribution in [0.4, 0.5) is 0 Å². The highest BCUT2D eigenvalue weighted by atomic mass is 16.5. The lowest BCUT2D eigenvalue weighted by Crippen LogP contribution is -2.49. The van der Waals surface area contributed by atoms with E-state index in [0.29, 0.717) is 25.5 Å². The third-order valence-corrected chi connectivity index (χ3v) is 7.23. The van der Waals surface area contributed by atoms with Gasteiger partial charge in [-0.15, -0.1) is 0 Å². The number of hydrogen-bond acceptors (Lipinski definition) is 4. The Hall–Kier alpha value is -4.33. The first-order valence-corrected chi connectivity index (χ1v) is 14.9. The highest BCUT2D eigenvalue weighted by Gasteiger charge is 2.25. The minimum Gasteiger partial charge on any atom is -0.489 e. The predicted molar refractivity (Wildman–Crippen MR) is 174 cm³/mol. The fourth-order valence-electron chi connectivity index (χ4n) is 4.94. The van der Waals surface area contributed by atoms with E-state index in [2.05, 4.69) is 22.8 Å². The average molecular weight is 586 g/mol. The van der Waals surface area contributed by atoms with Crippen molar-refractivity contribution in [3.05, 3.63) is 101 Å². The molecular formula is C35H47N5O3. The summed E-state index contributed by atoms with van der Waals surface area (Å²) in [6, 6.07) is 22.8. The van der Waals surface area contributed by atoms with E-state index in [1.54, 1.807) is 6.92 Å². The number of ether oxygens (including phenoxy) is 1. The molecule has 0 heterocycles. The molecule has 0 aliphatic heterocycles. The average Bonchev–Trinajstić information content (AvgIpc) is 2.98. The number of aliphatic imine (C=N–C) groups is 1. The summed E-state index contributed by atoms with van der Waals surface area (Å²) in [6.07, 6.45) is 2.09. The summed E-state index contributed by atoms with van der Waals surface area (Å²) in [7, 11) is 7.59. The largest absolute Gasteiger partial charge is 0.489 e. The summed E-state index contributed by atoms with van der Waals surface area (Å²) in [6.45, 7) is 6.79. The van der Waals surface area contributed by atoms with E-state index in [9.17, 15) is 9.59 Å². The van der Waals surface area contributed by atoms with Crippen LogP contribution in [-0.2, 0) is 29.0 Å². The number of carbonyl (C=O) groups is 2. The molecule has 0 saturated heterocycles. The van der Waals surface area contributed by atoms with Crippen LogP contribution in [0.25, 0.3) is 0 Å². The number of guanidine groups is 1. The van der Waals surface area contributed by atoms with Gasteiger partial charge in [0, 0.05) is 41.2 Å². The summed E-state index contributed by atoms with van der Waals surface area (Å²) in [5.41, 5.74) is 5.42. The molecule has 8 nitrogen and oxygen atoms in total. The Morgan fingerprint density at radius 3 is 1.95 bits per heavy atom. The quantitative estimate of drug-likeness (QED) is 0.175. The molecule has 8 heteroatoms. The van der Waals surface area contributed by atoms with Crippen LogP contribution in [0.3, 0.4) is 0 Å². The van der Waals surface area contributed by atoms with Crippen LogP contribution >= 0.6 is 0 Å². The van der Waals surface area contributed by atoms with Crippen molar-refractivity contribution < 1.29 is 14.3 Å². The van der Waals surface area contributed by atoms with Gasteiger partial charge in [-0.2, -0.15) is 0 Å². The first kappa shape index (κ1) is 33.2. The molecule has 0 aliphatic rings. The van der Waals surface area contributed by atoms with E-state index in [4.69, 9.17) is 9.73 Å². The zero-order valence-electron chi connectivity index (χ0n) is 26.7. The molecule has 0 bridgehead atoms. The van der Waals surface area contributed by atoms with Gasteiger partial charge in [0.1, 0.15) is 24.4 Å². The van der Waals surface area contributed by atoms with Crippen molar-refractivity contribution in [2.24, 2.45) is 4.99 Å². The fourth-order valence-corrected chi connectivity index (χ4v) is 4.94. The summed E-state index contributed by atoms with van der Waals surface area (Å²) < 4.78 is 6.07. The van der Waals surface area contributed by atoms with Crippen molar-refractivity contribution in [2.45, 2.75) is 58.7 Å². The monoisotopic (exact) mass is 585 g/mol. The van der Waals surface area contributed by atoms with E-state index in [1.165, 1.54) is 5.56 Å². The molecule has 0 fully saturated rings. The maximum Gasteiger partial charge on any atom is 0.245 e. The van der Waals surface area contributed by atoms with E-state index >= 15 is 0 Å². The SMILES string of the molecule is Cc1cc(OCc2ccccc2)cc(C)c1CC(N=C(N(C)C)N(C)C)C(=O)NC(C)C(=O)NCCCc1ccccc1. The fraction of sp³-hybridized carbons (Fsp3) is 0.400. The van der Waals surface area contributed by atoms with Crippen molar-refractivity contribution in [1.29, 1.82) is 0 Å². The third-order valence-electron chi connectivity index (χ3n) is 7.23. The molecule has 2 unspecified atom stereocenters. The Morgan fingerprint density at radius 1 is 0.837 bits per heavy atom. The standard InChI is InChI=1S/C35H47N5O3/c1-25-21-30(43-24-29-17-12-9-13-18-29)22-26(2)31(25)23-32(38-35(39(4)5)40(6)7)34(42)37-27(3)33(41)36-20-14-19-28-15-10-8-11-16-28/h8-13,15-18,21-22,27,32H,14,19-20,23-24H2,1-7H3,(H,36,41)(H,37,42). The van der Waals surface area contributed by atoms with Crippen molar-refractivity contribution in [3.63, 3.8) is 0 Å². The minimum absolute atomic E-state index is 0.211. The number of nitrogens with zero attached hydrogens (tertiary/aromatic N) is 3. The molecule has 0 aliphatic carbocycles. The smallest absolute Gasteiger partial charge is 0.245 e. The minimum atomic E-state index is -0.735. The normalized spacial score (nSPS) is 12.1. The van der Waals surface area contributed by atoms with Crippen LogP contribution in [0.1, 0.15) is 41.2 Å². The number of benzene rings is 3. The lowest BCUT2D eigenvalue weighted by molar-refractivity contribution is -0.129. The molecule has 2 atom stereocenters. The second kappa shape index (κ2) is 16.3. The second-order valence-electron chi connectivity index (χ2n) is 11.4. The zero-order chi connectivity index (χ0) is 31.4. The molecule has 0 saturated carbocycles. The number of nitrogens with one attached hydrogen (secondary N) is 2. The number of rotatable bonds is 13. The number of carbonyl (C=O) groups excluding carboxylic acids is 2. The van der Waals surface area contributed by atoms with Crippen LogP contribution in [-0.4, -0.2) is 74.4 Å². The summed E-state index contributed by atoms with van der Waals surface area (Å²) >= 11 is 0. The number of amides is 2. The Labute approximate surface area is 257 Å². The summed E-state index contributed by atoms with van der Waals surface area (Å²) in [5, 5.41) is 5.86. The molecule has 43 heavy (non-hydrogen) atoms. The molecule has 2 N–H and O–H groups in total. The van der Waals surface area contributed by atoms with E-state index in [0.717, 1.165) is 40.8 Å². The number of hydrogen-bond donors (Lipinski definition) is 2. The maximum absolute atomic E-state index is 13.6. The Bertz CT molecular complexity index is 1320. The van der Waals surface area contributed by atoms with Gasteiger partial charge in [-0.3, -0.25) is 9.59 Å². The third kappa shape index (κ3) is 10.5. The Morgan fingerprint density at radius 2 is 1.40 bits per heavy atom. The van der Waals surface area contributed by atoms with Crippen molar-refractivity contribution >= 4 is 17.8 Å². The lowest BCUT2D eigenvalue weighted by Gasteiger charge is -2.26. The first-order valence-electron chi connectivity index (χ1n) is 14.9. The Kier molecular flexibility index (Phi) is 12.6. The van der Waals surface area contributed by atoms with Gasteiger partial charge >= 0.3 is 0 Å². The summed E-state index contributed by atoms with van der Waals surface area (Å²) in [4.78, 5) is 35.1. The molecule has 3 aromatic rings. The van der Waals surface area contributed by atoms with Crippen LogP contribution in [0, 0.1) is 13.8 Å². The zero-order valence-corrected chi connectivity index (χ0v) is 26.7. The highest BCUT2D eigenvalue weighted by Crippen LogP contribution is 2.25. The van der Waals surface area contributed by atoms with Crippen molar-refractivity contribution in [3.8, 4) is 5.75 Å². The van der Waals surface area contributed by atoms with Gasteiger partial charge in [-0.05, 0) is 73.6 Å². The van der Waals surface area contributed by atoms with E-state index in [1.807, 2.05) is 113 Å². The van der Waals surface area contributed by atoms with Gasteiger partial charge in [0.2, 0.25) is 11.8 Å². The molecule has 0 aromatic heterocycles. The predicted octanol–water partition coefficient (Wildman–Crippen LogP) is 4.53. The molecule has 2 amide bonds. The van der Waals surface area contributed by atoms with Gasteiger partial charge in [-0.1, -0.05) is 60.7 Å². The van der Waals surface area contributed by atoms with Crippen LogP contribution in [0.2, 0.25) is 0 Å². The molecule has 230 valence electrons. The topological polar surface area (TPSA) is 86.3 Å². The molecular weight excluding hydrogens is 538 g/mol. The Balaban J connectivity index is 1.70. The lowest BCUT2D eigenvalue weighted by atomic mass is 9.95. The van der Waals surface area contributed by atoms with Crippen molar-refractivity contribution in [2.75, 3.05) is 34.7 Å². The van der Waals surface area contributed by atoms with Crippen LogP contribution in [0.15, 0.2) is 77.8 Å². The highest BCUT2D eigenvalue weighted by molar-refractivity contribution is 5.91. The molecule has 0 radical (unpaired) electrons. The summed E-state index contributed by atoms with van der Waals surface area (Å²) in [5.74, 6) is 0.941. The second-order valence-corrected chi connectivity index (χ2v) is 11.4. The first-order chi connectivity index (χ1) is 20.5. The number of aryl methyl sites for hydroxylation is 3. The van der Waals surface area contributed by atoms with E-state index < -0.39 is 12.1 Å². The molecule has 3 rings (SSSR count). The van der Waals surface area contributed by atoms with Crippen LogP contribution in [0.5, 0.6) is 5.75 Å². The van der Waals surface area contributed by atoms with Crippen molar-refractivity contribution in [1.82, 2.24) is 20.4 Å². The van der Waals surface area contributed by atoms with Gasteiger partial charge in [0.25, 0.3) is 0 Å². The van der Waals surface area contributed by atoms with Gasteiger partial charge in [0.15, 0.2) is 5.96 Å². The van der Waals surface area contributed by atoms with Crippen LogP contribution < -0.4 is 15.4 Å².